The van der Waals surface area contributed by atoms with Crippen LogP contribution in [0.3, 0.4) is 0 Å². The van der Waals surface area contributed by atoms with Crippen LogP contribution in [-0.4, -0.2) is 19.4 Å². The van der Waals surface area contributed by atoms with Crippen LogP contribution in [-0.2, 0) is 6.18 Å². The van der Waals surface area contributed by atoms with Crippen LogP contribution < -0.4 is 5.56 Å². The molecule has 15 heteroatoms. The Labute approximate surface area is 212 Å². The molecule has 1 heterocycles. The number of nitro groups is 2. The van der Waals surface area contributed by atoms with Gasteiger partial charge in [-0.3, -0.25) is 29.6 Å². The van der Waals surface area contributed by atoms with Crippen molar-refractivity contribution in [2.45, 2.75) is 16.2 Å². The average molecular weight is 557 g/mol. The number of fused-ring (bicyclic) bond motifs is 1. The van der Waals surface area contributed by atoms with E-state index in [0.717, 1.165) is 4.57 Å². The van der Waals surface area contributed by atoms with Crippen molar-refractivity contribution >= 4 is 57.2 Å². The van der Waals surface area contributed by atoms with E-state index in [1.54, 1.807) is 12.1 Å². The molecule has 0 radical (unpaired) electrons. The third-order valence-corrected chi connectivity index (χ3v) is 6.69. The predicted molar refractivity (Wildman–Crippen MR) is 126 cm³/mol. The summed E-state index contributed by atoms with van der Waals surface area (Å²) >= 11 is 12.3. The van der Waals surface area contributed by atoms with Gasteiger partial charge in [-0.05, 0) is 42.1 Å². The topological polar surface area (TPSA) is 121 Å². The Hall–Kier alpha value is -3.68. The van der Waals surface area contributed by atoms with Crippen LogP contribution in [0.2, 0.25) is 10.0 Å². The Morgan fingerprint density at radius 2 is 1.53 bits per heavy atom. The summed E-state index contributed by atoms with van der Waals surface area (Å²) in [5.41, 5.74) is -4.31. The smallest absolute Gasteiger partial charge is 0.268 e. The van der Waals surface area contributed by atoms with E-state index in [-0.39, 0.29) is 43.9 Å². The minimum absolute atomic E-state index is 0.0525. The maximum atomic E-state index is 13.4. The van der Waals surface area contributed by atoms with E-state index in [1.165, 1.54) is 30.3 Å². The molecule has 0 saturated carbocycles. The van der Waals surface area contributed by atoms with Gasteiger partial charge in [-0.2, -0.15) is 13.2 Å². The fourth-order valence-corrected chi connectivity index (χ4v) is 4.64. The third-order valence-electron chi connectivity index (χ3n) is 4.87. The lowest BCUT2D eigenvalue weighted by atomic mass is 10.1. The second kappa shape index (κ2) is 9.41. The molecular weight excluding hydrogens is 548 g/mol. The van der Waals surface area contributed by atoms with E-state index >= 15 is 0 Å². The highest BCUT2D eigenvalue weighted by Crippen LogP contribution is 2.45. The summed E-state index contributed by atoms with van der Waals surface area (Å²) in [6, 6.07) is 10.5. The number of alkyl halides is 3. The third kappa shape index (κ3) is 4.72. The van der Waals surface area contributed by atoms with Crippen molar-refractivity contribution in [2.24, 2.45) is 0 Å². The van der Waals surface area contributed by atoms with Gasteiger partial charge in [0.25, 0.3) is 16.9 Å². The number of nitro benzene ring substituents is 2. The maximum absolute atomic E-state index is 13.4. The maximum Gasteiger partial charge on any atom is 0.416 e. The average Bonchev–Trinajstić information content (AvgIpc) is 2.80. The minimum atomic E-state index is -5.08. The van der Waals surface area contributed by atoms with Gasteiger partial charge in [0.05, 0.1) is 42.0 Å². The second-order valence-corrected chi connectivity index (χ2v) is 8.90. The lowest BCUT2D eigenvalue weighted by molar-refractivity contribution is -0.400. The Balaban J connectivity index is 2.05. The summed E-state index contributed by atoms with van der Waals surface area (Å²) in [7, 11) is 0. The Bertz CT molecular complexity index is 1590. The lowest BCUT2D eigenvalue weighted by Crippen LogP contribution is -2.21. The lowest BCUT2D eigenvalue weighted by Gasteiger charge is -2.14. The van der Waals surface area contributed by atoms with Crippen molar-refractivity contribution in [1.29, 1.82) is 0 Å². The first kappa shape index (κ1) is 25.4. The molecule has 0 unspecified atom stereocenters. The number of hydrogen-bond donors (Lipinski definition) is 0. The van der Waals surface area contributed by atoms with E-state index in [4.69, 9.17) is 23.2 Å². The van der Waals surface area contributed by atoms with Gasteiger partial charge < -0.3 is 0 Å². The molecule has 0 amide bonds. The van der Waals surface area contributed by atoms with Crippen molar-refractivity contribution in [1.82, 2.24) is 9.55 Å². The quantitative estimate of drug-likeness (QED) is 0.152. The Morgan fingerprint density at radius 3 is 2.08 bits per heavy atom. The molecule has 0 fully saturated rings. The van der Waals surface area contributed by atoms with Crippen LogP contribution in [0.15, 0.2) is 69.4 Å². The van der Waals surface area contributed by atoms with Gasteiger partial charge >= 0.3 is 6.18 Å². The molecule has 3 aromatic carbocycles. The van der Waals surface area contributed by atoms with Crippen LogP contribution in [0.1, 0.15) is 5.56 Å². The van der Waals surface area contributed by atoms with Crippen LogP contribution in [0.4, 0.5) is 24.5 Å². The number of benzene rings is 3. The van der Waals surface area contributed by atoms with Gasteiger partial charge in [0.2, 0.25) is 0 Å². The zero-order chi connectivity index (χ0) is 26.4. The van der Waals surface area contributed by atoms with E-state index in [9.17, 15) is 38.2 Å². The highest BCUT2D eigenvalue weighted by molar-refractivity contribution is 7.99. The first-order chi connectivity index (χ1) is 16.9. The van der Waals surface area contributed by atoms with Crippen LogP contribution in [0.5, 0.6) is 0 Å². The zero-order valence-electron chi connectivity index (χ0n) is 17.3. The van der Waals surface area contributed by atoms with E-state index in [1.807, 2.05) is 0 Å². The molecule has 1 aromatic heterocycles. The molecule has 0 spiro atoms. The van der Waals surface area contributed by atoms with Gasteiger partial charge in [-0.15, -0.1) is 0 Å². The van der Waals surface area contributed by atoms with Crippen molar-refractivity contribution in [3.05, 3.63) is 101 Å². The fourth-order valence-electron chi connectivity index (χ4n) is 3.26. The molecule has 0 aliphatic carbocycles. The van der Waals surface area contributed by atoms with Crippen LogP contribution in [0.25, 0.3) is 16.6 Å². The van der Waals surface area contributed by atoms with Gasteiger partial charge in [0.1, 0.15) is 0 Å². The summed E-state index contributed by atoms with van der Waals surface area (Å²) in [5.74, 6) is 0. The van der Waals surface area contributed by atoms with Gasteiger partial charge in [0, 0.05) is 12.1 Å². The van der Waals surface area contributed by atoms with Crippen molar-refractivity contribution < 1.29 is 23.0 Å². The molecule has 0 atom stereocenters. The molecule has 4 rings (SSSR count). The van der Waals surface area contributed by atoms with Crippen LogP contribution >= 0.6 is 35.0 Å². The van der Waals surface area contributed by atoms with Crippen molar-refractivity contribution in [3.8, 4) is 5.69 Å². The molecule has 0 aliphatic rings. The van der Waals surface area contributed by atoms with E-state index < -0.39 is 43.4 Å². The molecular formula is C21H9Cl2F3N4O5S. The van der Waals surface area contributed by atoms with Gasteiger partial charge in [-0.25, -0.2) is 4.98 Å². The molecule has 0 saturated heterocycles. The van der Waals surface area contributed by atoms with Crippen molar-refractivity contribution in [3.63, 3.8) is 0 Å². The van der Waals surface area contributed by atoms with Crippen LogP contribution in [0, 0.1) is 20.2 Å². The molecule has 0 bridgehead atoms. The normalized spacial score (nSPS) is 11.6. The van der Waals surface area contributed by atoms with E-state index in [0.29, 0.717) is 11.8 Å². The molecule has 4 aromatic rings. The standard InChI is InChI=1S/C21H9Cl2F3N4O5S/c22-13-6-5-11(9-14(13)23)28-19(31)12-3-1-2-4-15(12)27-20(28)36-18-16(29(32)33)7-10(21(24,25)26)8-17(18)30(34)35/h1-9H. The molecule has 36 heavy (non-hydrogen) atoms. The summed E-state index contributed by atoms with van der Waals surface area (Å²) in [6.45, 7) is 0. The fraction of sp³-hybridized carbons (Fsp3) is 0.0476. The zero-order valence-corrected chi connectivity index (χ0v) is 19.7. The summed E-state index contributed by atoms with van der Waals surface area (Å²) in [6.07, 6.45) is -5.08. The first-order valence-electron chi connectivity index (χ1n) is 9.57. The number of para-hydroxylation sites is 1. The highest BCUT2D eigenvalue weighted by atomic mass is 35.5. The molecule has 184 valence electrons. The Morgan fingerprint density at radius 1 is 0.917 bits per heavy atom. The molecule has 0 aliphatic heterocycles. The largest absolute Gasteiger partial charge is 0.416 e. The summed E-state index contributed by atoms with van der Waals surface area (Å²) < 4.78 is 40.8. The number of nitrogens with zero attached hydrogens (tertiary/aromatic N) is 4. The highest BCUT2D eigenvalue weighted by Gasteiger charge is 2.38. The molecule has 9 nitrogen and oxygen atoms in total. The number of aromatic nitrogens is 2. The number of rotatable bonds is 5. The second-order valence-electron chi connectivity index (χ2n) is 7.11. The monoisotopic (exact) mass is 556 g/mol. The Kier molecular flexibility index (Phi) is 6.64. The predicted octanol–water partition coefficient (Wildman–Crippen LogP) is 6.68. The summed E-state index contributed by atoms with van der Waals surface area (Å²) in [4.78, 5) is 37.9. The SMILES string of the molecule is O=c1c2ccccc2nc(Sc2c([N+](=O)[O-])cc(C(F)(F)F)cc2[N+](=O)[O-])n1-c1ccc(Cl)c(Cl)c1. The van der Waals surface area contributed by atoms with Gasteiger partial charge in [-0.1, -0.05) is 35.3 Å². The van der Waals surface area contributed by atoms with E-state index in [2.05, 4.69) is 4.98 Å². The number of hydrogen-bond acceptors (Lipinski definition) is 7. The van der Waals surface area contributed by atoms with Gasteiger partial charge in [0.15, 0.2) is 10.1 Å². The minimum Gasteiger partial charge on any atom is -0.268 e. The van der Waals surface area contributed by atoms with Crippen molar-refractivity contribution in [2.75, 3.05) is 0 Å². The number of halogens is 5. The molecule has 0 N–H and O–H groups in total. The first-order valence-corrected chi connectivity index (χ1v) is 11.1. The summed E-state index contributed by atoms with van der Waals surface area (Å²) in [5, 5.41) is 23.4.